The lowest BCUT2D eigenvalue weighted by Crippen LogP contribution is -1.80. The number of hydrogen-bond acceptors (Lipinski definition) is 1. The fourth-order valence-corrected chi connectivity index (χ4v) is 0.709. The molecular weight excluding hydrogens is 112 g/mol. The lowest BCUT2D eigenvalue weighted by atomic mass is 10.2. The zero-order valence-corrected chi connectivity index (χ0v) is 5.55. The molecule has 0 aromatic heterocycles. The molecule has 1 rings (SSSR count). The maximum absolute atomic E-state index is 5.03. The van der Waals surface area contributed by atoms with Crippen molar-refractivity contribution in [3.8, 4) is 0 Å². The molecule has 1 fully saturated rings. The van der Waals surface area contributed by atoms with Gasteiger partial charge < -0.3 is 4.74 Å². The number of ether oxygens (including phenoxy) is 1. The van der Waals surface area contributed by atoms with Crippen molar-refractivity contribution in [3.05, 3.63) is 24.8 Å². The average molecular weight is 124 g/mol. The summed E-state index contributed by atoms with van der Waals surface area (Å²) >= 11 is 0. The lowest BCUT2D eigenvalue weighted by Gasteiger charge is -1.84. The zero-order valence-electron chi connectivity index (χ0n) is 5.55. The van der Waals surface area contributed by atoms with E-state index in [-0.39, 0.29) is 0 Å². The van der Waals surface area contributed by atoms with Crippen molar-refractivity contribution in [2.75, 3.05) is 6.61 Å². The lowest BCUT2D eigenvalue weighted by molar-refractivity contribution is 0.398. The van der Waals surface area contributed by atoms with Crippen LogP contribution in [0, 0.1) is 0 Å². The predicted octanol–water partition coefficient (Wildman–Crippen LogP) is 1.91. The van der Waals surface area contributed by atoms with Gasteiger partial charge in [-0.25, -0.2) is 0 Å². The van der Waals surface area contributed by atoms with Crippen molar-refractivity contribution in [2.24, 2.45) is 0 Å². The van der Waals surface area contributed by atoms with E-state index in [2.05, 4.69) is 12.7 Å². The molecule has 0 aliphatic carbocycles. The molecule has 0 bridgehead atoms. The molecule has 0 aromatic carbocycles. The summed E-state index contributed by atoms with van der Waals surface area (Å²) < 4.78 is 5.03. The highest BCUT2D eigenvalue weighted by atomic mass is 16.6. The van der Waals surface area contributed by atoms with Crippen LogP contribution in [0.1, 0.15) is 12.8 Å². The number of allylic oxidation sites excluding steroid dienone is 3. The van der Waals surface area contributed by atoms with Crippen LogP contribution < -0.4 is 0 Å². The number of epoxide rings is 1. The summed E-state index contributed by atoms with van der Waals surface area (Å²) in [5, 5.41) is 0. The van der Waals surface area contributed by atoms with Crippen molar-refractivity contribution < 1.29 is 4.74 Å². The van der Waals surface area contributed by atoms with Crippen LogP contribution in [-0.2, 0) is 4.74 Å². The van der Waals surface area contributed by atoms with Crippen LogP contribution in [0.4, 0.5) is 0 Å². The zero-order chi connectivity index (χ0) is 6.53. The second-order valence-corrected chi connectivity index (χ2v) is 2.20. The Morgan fingerprint density at radius 1 is 1.67 bits per heavy atom. The van der Waals surface area contributed by atoms with Crippen LogP contribution in [0.3, 0.4) is 0 Å². The topological polar surface area (TPSA) is 12.5 Å². The fourth-order valence-electron chi connectivity index (χ4n) is 0.709. The Morgan fingerprint density at radius 2 is 2.44 bits per heavy atom. The second-order valence-electron chi connectivity index (χ2n) is 2.20. The van der Waals surface area contributed by atoms with Crippen LogP contribution >= 0.6 is 0 Å². The van der Waals surface area contributed by atoms with Gasteiger partial charge in [0.1, 0.15) is 0 Å². The van der Waals surface area contributed by atoms with Gasteiger partial charge in [-0.3, -0.25) is 0 Å². The molecule has 1 heterocycles. The predicted molar refractivity (Wildman–Crippen MR) is 38.3 cm³/mol. The smallest absolute Gasteiger partial charge is 0.0812 e. The Balaban J connectivity index is 1.91. The van der Waals surface area contributed by atoms with E-state index in [1.165, 1.54) is 6.42 Å². The van der Waals surface area contributed by atoms with Crippen molar-refractivity contribution in [2.45, 2.75) is 18.9 Å². The van der Waals surface area contributed by atoms with Crippen molar-refractivity contribution in [3.63, 3.8) is 0 Å². The van der Waals surface area contributed by atoms with Gasteiger partial charge in [-0.2, -0.15) is 0 Å². The first-order valence-electron chi connectivity index (χ1n) is 3.32. The highest BCUT2D eigenvalue weighted by molar-refractivity contribution is 4.97. The third kappa shape index (κ3) is 3.09. The third-order valence-corrected chi connectivity index (χ3v) is 1.33. The van der Waals surface area contributed by atoms with Gasteiger partial charge in [0.2, 0.25) is 0 Å². The summed E-state index contributed by atoms with van der Waals surface area (Å²) in [6, 6.07) is 0. The Labute approximate surface area is 56.0 Å². The molecule has 50 valence electrons. The Hall–Kier alpha value is -0.560. The first-order chi connectivity index (χ1) is 4.43. The molecule has 1 unspecified atom stereocenters. The molecule has 0 spiro atoms. The van der Waals surface area contributed by atoms with Crippen molar-refractivity contribution in [1.29, 1.82) is 0 Å². The van der Waals surface area contributed by atoms with Crippen molar-refractivity contribution >= 4 is 0 Å². The SMILES string of the molecule is C=C/C=C\CCC1CO1. The molecular formula is C8H12O. The van der Waals surface area contributed by atoms with Crippen LogP contribution in [0.5, 0.6) is 0 Å². The Morgan fingerprint density at radius 3 is 3.00 bits per heavy atom. The van der Waals surface area contributed by atoms with Crippen LogP contribution in [-0.4, -0.2) is 12.7 Å². The van der Waals surface area contributed by atoms with Gasteiger partial charge in [-0.1, -0.05) is 24.8 Å². The maximum atomic E-state index is 5.03. The number of rotatable bonds is 4. The average Bonchev–Trinajstić information content (AvgIpc) is 2.63. The molecule has 0 amide bonds. The minimum absolute atomic E-state index is 0.569. The van der Waals surface area contributed by atoms with Crippen LogP contribution in [0.15, 0.2) is 24.8 Å². The summed E-state index contributed by atoms with van der Waals surface area (Å²) in [6.45, 7) is 4.55. The first kappa shape index (κ1) is 6.56. The van der Waals surface area contributed by atoms with E-state index < -0.39 is 0 Å². The van der Waals surface area contributed by atoms with E-state index in [0.717, 1.165) is 13.0 Å². The third-order valence-electron chi connectivity index (χ3n) is 1.33. The summed E-state index contributed by atoms with van der Waals surface area (Å²) in [4.78, 5) is 0. The van der Waals surface area contributed by atoms with Crippen LogP contribution in [0.2, 0.25) is 0 Å². The van der Waals surface area contributed by atoms with Gasteiger partial charge in [-0.15, -0.1) is 0 Å². The largest absolute Gasteiger partial charge is 0.373 e. The van der Waals surface area contributed by atoms with Gasteiger partial charge in [0, 0.05) is 0 Å². The fraction of sp³-hybridized carbons (Fsp3) is 0.500. The van der Waals surface area contributed by atoms with E-state index >= 15 is 0 Å². The summed E-state index contributed by atoms with van der Waals surface area (Å²) in [5.41, 5.74) is 0. The summed E-state index contributed by atoms with van der Waals surface area (Å²) in [5.74, 6) is 0. The molecule has 0 radical (unpaired) electrons. The van der Waals surface area contributed by atoms with Gasteiger partial charge in [0.05, 0.1) is 12.7 Å². The second kappa shape index (κ2) is 3.46. The first-order valence-corrected chi connectivity index (χ1v) is 3.32. The van der Waals surface area contributed by atoms with E-state index in [1.807, 2.05) is 6.08 Å². The molecule has 1 nitrogen and oxygen atoms in total. The van der Waals surface area contributed by atoms with E-state index in [1.54, 1.807) is 6.08 Å². The number of hydrogen-bond donors (Lipinski definition) is 0. The molecule has 1 aliphatic heterocycles. The maximum Gasteiger partial charge on any atom is 0.0812 e. The Bertz CT molecular complexity index is 112. The van der Waals surface area contributed by atoms with Crippen molar-refractivity contribution in [1.82, 2.24) is 0 Å². The summed E-state index contributed by atoms with van der Waals surface area (Å²) in [6.07, 6.45) is 8.76. The van der Waals surface area contributed by atoms with Gasteiger partial charge in [0.15, 0.2) is 0 Å². The minimum Gasteiger partial charge on any atom is -0.373 e. The monoisotopic (exact) mass is 124 g/mol. The van der Waals surface area contributed by atoms with E-state index in [0.29, 0.717) is 6.10 Å². The van der Waals surface area contributed by atoms with Gasteiger partial charge in [-0.05, 0) is 12.8 Å². The molecule has 0 aromatic rings. The summed E-state index contributed by atoms with van der Waals surface area (Å²) in [7, 11) is 0. The molecule has 1 atom stereocenters. The van der Waals surface area contributed by atoms with Gasteiger partial charge in [0.25, 0.3) is 0 Å². The van der Waals surface area contributed by atoms with Crippen LogP contribution in [0.25, 0.3) is 0 Å². The normalized spacial score (nSPS) is 24.7. The van der Waals surface area contributed by atoms with Gasteiger partial charge >= 0.3 is 0 Å². The van der Waals surface area contributed by atoms with E-state index in [9.17, 15) is 0 Å². The minimum atomic E-state index is 0.569. The standard InChI is InChI=1S/C8H12O/c1-2-3-4-5-6-8-7-9-8/h2-4,8H,1,5-7H2/b4-3-. The molecule has 0 N–H and O–H groups in total. The molecule has 9 heavy (non-hydrogen) atoms. The molecule has 0 saturated carbocycles. The highest BCUT2D eigenvalue weighted by Gasteiger charge is 2.20. The Kier molecular flexibility index (Phi) is 2.52. The molecule has 1 saturated heterocycles. The quantitative estimate of drug-likeness (QED) is 0.412. The van der Waals surface area contributed by atoms with E-state index in [4.69, 9.17) is 4.74 Å². The molecule has 1 heteroatoms. The highest BCUT2D eigenvalue weighted by Crippen LogP contribution is 2.15. The molecule has 1 aliphatic rings.